The average molecular weight is 228 g/mol. The van der Waals surface area contributed by atoms with E-state index < -0.39 is 0 Å². The molecule has 3 aliphatic heterocycles. The van der Waals surface area contributed by atoms with Gasteiger partial charge >= 0.3 is 0 Å². The van der Waals surface area contributed by atoms with Gasteiger partial charge in [-0.15, -0.1) is 0 Å². The van der Waals surface area contributed by atoms with Gasteiger partial charge in [-0.3, -0.25) is 9.69 Å². The molecule has 0 unspecified atom stereocenters. The van der Waals surface area contributed by atoms with Crippen LogP contribution in [0.5, 0.6) is 0 Å². The molecule has 0 aliphatic carbocycles. The summed E-state index contributed by atoms with van der Waals surface area (Å²) in [6.07, 6.45) is 3.47. The molecule has 88 valence electrons. The molecular weight excluding hydrogens is 212 g/mol. The highest BCUT2D eigenvalue weighted by Crippen LogP contribution is 2.42. The first kappa shape index (κ1) is 9.66. The van der Waals surface area contributed by atoms with Crippen molar-refractivity contribution in [2.75, 3.05) is 13.1 Å². The number of amides is 1. The van der Waals surface area contributed by atoms with E-state index in [1.807, 2.05) is 0 Å². The quantitative estimate of drug-likeness (QED) is 0.672. The summed E-state index contributed by atoms with van der Waals surface area (Å²) in [5.74, 6) is 0.363. The van der Waals surface area contributed by atoms with Crippen LogP contribution >= 0.6 is 0 Å². The monoisotopic (exact) mass is 228 g/mol. The van der Waals surface area contributed by atoms with Crippen molar-refractivity contribution in [2.45, 2.75) is 31.5 Å². The molecule has 0 radical (unpaired) electrons. The van der Waals surface area contributed by atoms with Crippen molar-refractivity contribution in [1.29, 1.82) is 0 Å². The lowest BCUT2D eigenvalue weighted by molar-refractivity contribution is -0.130. The molecule has 0 saturated carbocycles. The van der Waals surface area contributed by atoms with Crippen LogP contribution in [-0.2, 0) is 11.2 Å². The Labute approximate surface area is 101 Å². The SMILES string of the molecule is O=C1[C@@H]2CCCN2[C@@H]2c3ccccc3CCN12. The summed E-state index contributed by atoms with van der Waals surface area (Å²) in [4.78, 5) is 16.8. The Kier molecular flexibility index (Phi) is 1.89. The Morgan fingerprint density at radius 2 is 2.06 bits per heavy atom. The molecule has 3 heteroatoms. The van der Waals surface area contributed by atoms with Crippen LogP contribution < -0.4 is 0 Å². The van der Waals surface area contributed by atoms with Crippen molar-refractivity contribution in [1.82, 2.24) is 9.80 Å². The third-order valence-corrected chi connectivity index (χ3v) is 4.43. The molecule has 1 aromatic carbocycles. The fourth-order valence-electron chi connectivity index (χ4n) is 3.67. The highest BCUT2D eigenvalue weighted by molar-refractivity contribution is 5.85. The van der Waals surface area contributed by atoms with Gasteiger partial charge in [-0.1, -0.05) is 24.3 Å². The van der Waals surface area contributed by atoms with E-state index >= 15 is 0 Å². The molecule has 0 spiro atoms. The summed E-state index contributed by atoms with van der Waals surface area (Å²) in [6.45, 7) is 1.97. The second kappa shape index (κ2) is 3.33. The molecule has 0 aromatic heterocycles. The second-order valence-corrected chi connectivity index (χ2v) is 5.25. The van der Waals surface area contributed by atoms with Gasteiger partial charge in [-0.2, -0.15) is 0 Å². The van der Waals surface area contributed by atoms with Crippen LogP contribution in [0.15, 0.2) is 24.3 Å². The van der Waals surface area contributed by atoms with Crippen LogP contribution in [0.1, 0.15) is 30.1 Å². The van der Waals surface area contributed by atoms with Gasteiger partial charge in [-0.05, 0) is 30.4 Å². The molecule has 0 bridgehead atoms. The predicted octanol–water partition coefficient (Wildman–Crippen LogP) is 1.55. The summed E-state index contributed by atoms with van der Waals surface area (Å²) in [7, 11) is 0. The Balaban J connectivity index is 1.84. The van der Waals surface area contributed by atoms with Crippen molar-refractivity contribution < 1.29 is 4.79 Å². The van der Waals surface area contributed by atoms with E-state index in [-0.39, 0.29) is 12.2 Å². The van der Waals surface area contributed by atoms with E-state index in [1.165, 1.54) is 17.5 Å². The smallest absolute Gasteiger partial charge is 0.241 e. The van der Waals surface area contributed by atoms with Crippen molar-refractivity contribution in [2.24, 2.45) is 0 Å². The highest BCUT2D eigenvalue weighted by Gasteiger charge is 2.50. The molecule has 3 nitrogen and oxygen atoms in total. The van der Waals surface area contributed by atoms with Gasteiger partial charge < -0.3 is 4.90 Å². The van der Waals surface area contributed by atoms with E-state index in [0.717, 1.165) is 25.9 Å². The van der Waals surface area contributed by atoms with E-state index in [4.69, 9.17) is 0 Å². The molecule has 4 rings (SSSR count). The zero-order valence-electron chi connectivity index (χ0n) is 9.80. The molecule has 1 amide bonds. The number of hydrogen-bond acceptors (Lipinski definition) is 2. The van der Waals surface area contributed by atoms with Crippen molar-refractivity contribution in [3.63, 3.8) is 0 Å². The molecule has 2 saturated heterocycles. The number of carbonyl (C=O) groups is 1. The van der Waals surface area contributed by atoms with Gasteiger partial charge in [0, 0.05) is 13.1 Å². The predicted molar refractivity (Wildman–Crippen MR) is 64.3 cm³/mol. The summed E-state index contributed by atoms with van der Waals surface area (Å²) in [6, 6.07) is 8.77. The standard InChI is InChI=1S/C14H16N2O/c17-14-12-6-3-8-15(12)13-11-5-2-1-4-10(11)7-9-16(13)14/h1-2,4-5,12-13H,3,6-9H2/t12-,13-/m0/s1. The number of carbonyl (C=O) groups excluding carboxylic acids is 1. The van der Waals surface area contributed by atoms with Crippen LogP contribution in [-0.4, -0.2) is 34.8 Å². The third kappa shape index (κ3) is 1.18. The summed E-state index contributed by atoms with van der Waals surface area (Å²) in [5, 5.41) is 0. The Morgan fingerprint density at radius 3 is 3.00 bits per heavy atom. The zero-order chi connectivity index (χ0) is 11.4. The van der Waals surface area contributed by atoms with Gasteiger partial charge in [0.25, 0.3) is 0 Å². The lowest BCUT2D eigenvalue weighted by Gasteiger charge is -2.35. The Hall–Kier alpha value is -1.35. The summed E-state index contributed by atoms with van der Waals surface area (Å²) >= 11 is 0. The fourth-order valence-corrected chi connectivity index (χ4v) is 3.67. The Bertz CT molecular complexity index is 485. The maximum Gasteiger partial charge on any atom is 0.241 e. The Morgan fingerprint density at radius 1 is 1.18 bits per heavy atom. The fraction of sp³-hybridized carbons (Fsp3) is 0.500. The number of rotatable bonds is 0. The lowest BCUT2D eigenvalue weighted by Crippen LogP contribution is -2.37. The molecule has 3 heterocycles. The number of benzene rings is 1. The highest BCUT2D eigenvalue weighted by atomic mass is 16.2. The third-order valence-electron chi connectivity index (χ3n) is 4.43. The van der Waals surface area contributed by atoms with Crippen LogP contribution in [0.3, 0.4) is 0 Å². The molecule has 1 aromatic rings. The van der Waals surface area contributed by atoms with E-state index in [2.05, 4.69) is 34.1 Å². The summed E-state index contributed by atoms with van der Waals surface area (Å²) < 4.78 is 0. The van der Waals surface area contributed by atoms with E-state index in [0.29, 0.717) is 5.91 Å². The summed E-state index contributed by atoms with van der Waals surface area (Å²) in [5.41, 5.74) is 2.78. The first-order valence-corrected chi connectivity index (χ1v) is 6.50. The van der Waals surface area contributed by atoms with Gasteiger partial charge in [0.1, 0.15) is 6.17 Å². The molecular formula is C14H16N2O. The number of fused-ring (bicyclic) bond motifs is 5. The largest absolute Gasteiger partial charge is 0.321 e. The van der Waals surface area contributed by atoms with E-state index in [9.17, 15) is 4.79 Å². The maximum atomic E-state index is 12.3. The number of nitrogens with zero attached hydrogens (tertiary/aromatic N) is 2. The topological polar surface area (TPSA) is 23.6 Å². The molecule has 3 aliphatic rings. The van der Waals surface area contributed by atoms with Crippen molar-refractivity contribution in [3.8, 4) is 0 Å². The average Bonchev–Trinajstić information content (AvgIpc) is 2.93. The first-order chi connectivity index (χ1) is 8.36. The van der Waals surface area contributed by atoms with Gasteiger partial charge in [0.2, 0.25) is 5.91 Å². The molecule has 2 fully saturated rings. The second-order valence-electron chi connectivity index (χ2n) is 5.25. The van der Waals surface area contributed by atoms with Crippen molar-refractivity contribution in [3.05, 3.63) is 35.4 Å². The number of hydrogen-bond donors (Lipinski definition) is 0. The van der Waals surface area contributed by atoms with Gasteiger partial charge in [0.15, 0.2) is 0 Å². The minimum atomic E-state index is 0.172. The zero-order valence-corrected chi connectivity index (χ0v) is 9.80. The van der Waals surface area contributed by atoms with Crippen LogP contribution in [0.2, 0.25) is 0 Å². The minimum absolute atomic E-state index is 0.172. The van der Waals surface area contributed by atoms with E-state index in [1.54, 1.807) is 0 Å². The molecule has 17 heavy (non-hydrogen) atoms. The molecule has 2 atom stereocenters. The minimum Gasteiger partial charge on any atom is -0.321 e. The van der Waals surface area contributed by atoms with Crippen molar-refractivity contribution >= 4 is 5.91 Å². The maximum absolute atomic E-state index is 12.3. The molecule has 0 N–H and O–H groups in total. The van der Waals surface area contributed by atoms with Gasteiger partial charge in [-0.25, -0.2) is 0 Å². The normalized spacial score (nSPS) is 31.3. The van der Waals surface area contributed by atoms with Crippen LogP contribution in [0.4, 0.5) is 0 Å². The van der Waals surface area contributed by atoms with Crippen LogP contribution in [0.25, 0.3) is 0 Å². The van der Waals surface area contributed by atoms with Gasteiger partial charge in [0.05, 0.1) is 6.04 Å². The lowest BCUT2D eigenvalue weighted by atomic mass is 9.97. The van der Waals surface area contributed by atoms with Crippen LogP contribution in [0, 0.1) is 0 Å². The first-order valence-electron chi connectivity index (χ1n) is 6.50.